The summed E-state index contributed by atoms with van der Waals surface area (Å²) in [5.74, 6) is 1.91. The molecule has 0 unspecified atom stereocenters. The van der Waals surface area contributed by atoms with E-state index in [-0.39, 0.29) is 0 Å². The van der Waals surface area contributed by atoms with E-state index >= 15 is 0 Å². The molecular weight excluding hydrogens is 348 g/mol. The standard InChI is InChI=1S/C20H21ClN4O/c1-13-4-6-15(7-5-13)12-22-19-10-14(2)23-20(25-19)24-17-11-16(21)8-9-18(17)26-3/h4-11H,12H2,1-3H3,(H2,22,23,24,25). The molecule has 6 heteroatoms. The zero-order valence-electron chi connectivity index (χ0n) is 15.0. The molecule has 0 bridgehead atoms. The van der Waals surface area contributed by atoms with Crippen LogP contribution in [0.5, 0.6) is 5.75 Å². The van der Waals surface area contributed by atoms with Gasteiger partial charge in [0, 0.05) is 23.3 Å². The fraction of sp³-hybridized carbons (Fsp3) is 0.200. The van der Waals surface area contributed by atoms with Crippen molar-refractivity contribution in [1.29, 1.82) is 0 Å². The van der Waals surface area contributed by atoms with E-state index in [0.717, 1.165) is 17.2 Å². The summed E-state index contributed by atoms with van der Waals surface area (Å²) < 4.78 is 5.36. The average Bonchev–Trinajstić information content (AvgIpc) is 2.61. The van der Waals surface area contributed by atoms with E-state index in [1.807, 2.05) is 13.0 Å². The number of halogens is 1. The monoisotopic (exact) mass is 368 g/mol. The normalized spacial score (nSPS) is 10.5. The molecule has 0 atom stereocenters. The highest BCUT2D eigenvalue weighted by atomic mass is 35.5. The Kier molecular flexibility index (Phi) is 5.58. The number of nitrogens with zero attached hydrogens (tertiary/aromatic N) is 2. The SMILES string of the molecule is COc1ccc(Cl)cc1Nc1nc(C)cc(NCc2ccc(C)cc2)n1. The van der Waals surface area contributed by atoms with Gasteiger partial charge in [-0.1, -0.05) is 41.4 Å². The molecule has 2 N–H and O–H groups in total. The van der Waals surface area contributed by atoms with Gasteiger partial charge in [-0.15, -0.1) is 0 Å². The molecule has 0 aliphatic heterocycles. The first-order valence-electron chi connectivity index (χ1n) is 8.29. The number of anilines is 3. The second-order valence-electron chi connectivity index (χ2n) is 6.03. The number of benzene rings is 2. The summed E-state index contributed by atoms with van der Waals surface area (Å²) in [7, 11) is 1.61. The molecule has 1 heterocycles. The Morgan fingerprint density at radius 1 is 1.00 bits per heavy atom. The maximum absolute atomic E-state index is 6.08. The van der Waals surface area contributed by atoms with E-state index in [0.29, 0.717) is 23.3 Å². The second kappa shape index (κ2) is 8.06. The molecule has 3 aromatic rings. The van der Waals surface area contributed by atoms with Crippen molar-refractivity contribution < 1.29 is 4.74 Å². The topological polar surface area (TPSA) is 59.1 Å². The molecule has 0 saturated heterocycles. The first-order valence-corrected chi connectivity index (χ1v) is 8.67. The smallest absolute Gasteiger partial charge is 0.229 e. The molecule has 0 aliphatic rings. The number of nitrogens with one attached hydrogen (secondary N) is 2. The van der Waals surface area contributed by atoms with Crippen molar-refractivity contribution in [3.05, 3.63) is 70.4 Å². The van der Waals surface area contributed by atoms with Gasteiger partial charge in [-0.25, -0.2) is 4.98 Å². The van der Waals surface area contributed by atoms with Crippen molar-refractivity contribution in [2.24, 2.45) is 0 Å². The van der Waals surface area contributed by atoms with Crippen LogP contribution in [0, 0.1) is 13.8 Å². The van der Waals surface area contributed by atoms with Crippen molar-refractivity contribution in [2.75, 3.05) is 17.7 Å². The van der Waals surface area contributed by atoms with Crippen LogP contribution in [0.4, 0.5) is 17.5 Å². The number of methoxy groups -OCH3 is 1. The van der Waals surface area contributed by atoms with Crippen LogP contribution in [0.2, 0.25) is 5.02 Å². The molecule has 134 valence electrons. The first-order chi connectivity index (χ1) is 12.5. The van der Waals surface area contributed by atoms with Crippen LogP contribution in [-0.4, -0.2) is 17.1 Å². The Labute approximate surface area is 158 Å². The van der Waals surface area contributed by atoms with E-state index in [1.165, 1.54) is 11.1 Å². The highest BCUT2D eigenvalue weighted by Crippen LogP contribution is 2.29. The number of rotatable bonds is 6. The van der Waals surface area contributed by atoms with Gasteiger partial charge >= 0.3 is 0 Å². The minimum atomic E-state index is 0.483. The summed E-state index contributed by atoms with van der Waals surface area (Å²) in [5, 5.41) is 7.13. The molecule has 0 amide bonds. The molecule has 3 rings (SSSR count). The van der Waals surface area contributed by atoms with Crippen molar-refractivity contribution in [3.8, 4) is 5.75 Å². The number of ether oxygens (including phenoxy) is 1. The molecule has 0 radical (unpaired) electrons. The zero-order chi connectivity index (χ0) is 18.5. The van der Waals surface area contributed by atoms with Crippen LogP contribution in [0.15, 0.2) is 48.5 Å². The van der Waals surface area contributed by atoms with Crippen molar-refractivity contribution in [2.45, 2.75) is 20.4 Å². The Hall–Kier alpha value is -2.79. The van der Waals surface area contributed by atoms with Crippen LogP contribution in [0.25, 0.3) is 0 Å². The molecule has 26 heavy (non-hydrogen) atoms. The molecule has 0 fully saturated rings. The summed E-state index contributed by atoms with van der Waals surface area (Å²) in [6.45, 7) is 4.70. The minimum Gasteiger partial charge on any atom is -0.495 e. The lowest BCUT2D eigenvalue weighted by atomic mass is 10.1. The molecule has 0 saturated carbocycles. The van der Waals surface area contributed by atoms with Gasteiger partial charge in [-0.3, -0.25) is 0 Å². The summed E-state index contributed by atoms with van der Waals surface area (Å²) in [6, 6.07) is 15.7. The van der Waals surface area contributed by atoms with Crippen molar-refractivity contribution in [3.63, 3.8) is 0 Å². The predicted molar refractivity (Wildman–Crippen MR) is 107 cm³/mol. The van der Waals surface area contributed by atoms with Gasteiger partial charge in [0.2, 0.25) is 5.95 Å². The second-order valence-corrected chi connectivity index (χ2v) is 6.46. The minimum absolute atomic E-state index is 0.483. The van der Waals surface area contributed by atoms with E-state index in [1.54, 1.807) is 25.3 Å². The van der Waals surface area contributed by atoms with E-state index in [2.05, 4.69) is 51.8 Å². The predicted octanol–water partition coefficient (Wildman–Crippen LogP) is 5.11. The van der Waals surface area contributed by atoms with E-state index in [4.69, 9.17) is 16.3 Å². The third-order valence-electron chi connectivity index (χ3n) is 3.86. The van der Waals surface area contributed by atoms with Crippen LogP contribution < -0.4 is 15.4 Å². The fourth-order valence-corrected chi connectivity index (χ4v) is 2.68. The Morgan fingerprint density at radius 2 is 1.77 bits per heavy atom. The number of hydrogen-bond donors (Lipinski definition) is 2. The van der Waals surface area contributed by atoms with Gasteiger partial charge in [0.05, 0.1) is 12.8 Å². The number of aromatic nitrogens is 2. The summed E-state index contributed by atoms with van der Waals surface area (Å²) in [4.78, 5) is 8.97. The Bertz CT molecular complexity index is 897. The third-order valence-corrected chi connectivity index (χ3v) is 4.09. The van der Waals surface area contributed by atoms with Crippen molar-refractivity contribution >= 4 is 29.1 Å². The maximum Gasteiger partial charge on any atom is 0.229 e. The van der Waals surface area contributed by atoms with Gasteiger partial charge in [-0.2, -0.15) is 4.98 Å². The van der Waals surface area contributed by atoms with E-state index < -0.39 is 0 Å². The molecule has 2 aromatic carbocycles. The molecule has 1 aromatic heterocycles. The molecule has 0 spiro atoms. The lowest BCUT2D eigenvalue weighted by Crippen LogP contribution is -2.06. The van der Waals surface area contributed by atoms with Crippen LogP contribution in [-0.2, 0) is 6.54 Å². The summed E-state index contributed by atoms with van der Waals surface area (Å²) >= 11 is 6.08. The summed E-state index contributed by atoms with van der Waals surface area (Å²) in [5.41, 5.74) is 4.01. The number of hydrogen-bond acceptors (Lipinski definition) is 5. The molecular formula is C20H21ClN4O. The average molecular weight is 369 g/mol. The van der Waals surface area contributed by atoms with Gasteiger partial charge in [-0.05, 0) is 37.6 Å². The maximum atomic E-state index is 6.08. The molecule has 0 aliphatic carbocycles. The zero-order valence-corrected chi connectivity index (χ0v) is 15.8. The first kappa shape index (κ1) is 18.0. The third kappa shape index (κ3) is 4.64. The van der Waals surface area contributed by atoms with E-state index in [9.17, 15) is 0 Å². The van der Waals surface area contributed by atoms with Gasteiger partial charge < -0.3 is 15.4 Å². The number of aryl methyl sites for hydroxylation is 2. The largest absolute Gasteiger partial charge is 0.495 e. The lowest BCUT2D eigenvalue weighted by Gasteiger charge is -2.12. The quantitative estimate of drug-likeness (QED) is 0.633. The highest BCUT2D eigenvalue weighted by Gasteiger charge is 2.08. The Balaban J connectivity index is 1.77. The Morgan fingerprint density at radius 3 is 2.50 bits per heavy atom. The summed E-state index contributed by atoms with van der Waals surface area (Å²) in [6.07, 6.45) is 0. The highest BCUT2D eigenvalue weighted by molar-refractivity contribution is 6.31. The van der Waals surface area contributed by atoms with Crippen LogP contribution >= 0.6 is 11.6 Å². The van der Waals surface area contributed by atoms with Gasteiger partial charge in [0.25, 0.3) is 0 Å². The molecule has 5 nitrogen and oxygen atoms in total. The van der Waals surface area contributed by atoms with Crippen molar-refractivity contribution in [1.82, 2.24) is 9.97 Å². The van der Waals surface area contributed by atoms with Crippen LogP contribution in [0.3, 0.4) is 0 Å². The fourth-order valence-electron chi connectivity index (χ4n) is 2.51. The van der Waals surface area contributed by atoms with Gasteiger partial charge in [0.15, 0.2) is 0 Å². The van der Waals surface area contributed by atoms with Gasteiger partial charge in [0.1, 0.15) is 11.6 Å². The van der Waals surface area contributed by atoms with Crippen LogP contribution in [0.1, 0.15) is 16.8 Å². The lowest BCUT2D eigenvalue weighted by molar-refractivity contribution is 0.417.